The van der Waals surface area contributed by atoms with Crippen LogP contribution in [0.1, 0.15) is 33.5 Å². The molecule has 0 fully saturated rings. The minimum Gasteiger partial charge on any atom is -0.507 e. The number of benzene rings is 4. The fourth-order valence-electron chi connectivity index (χ4n) is 3.82. The molecule has 1 N–H and O–H groups in total. The molecule has 0 aliphatic rings. The summed E-state index contributed by atoms with van der Waals surface area (Å²) in [5.41, 5.74) is 3.44. The highest BCUT2D eigenvalue weighted by atomic mass is 16.5. The lowest BCUT2D eigenvalue weighted by Gasteiger charge is -2.08. The number of aromatic hydroxyl groups is 1. The topological polar surface area (TPSA) is 68.1 Å². The Morgan fingerprint density at radius 2 is 1.50 bits per heavy atom. The van der Waals surface area contributed by atoms with Gasteiger partial charge >= 0.3 is 0 Å². The highest BCUT2D eigenvalue weighted by Crippen LogP contribution is 2.27. The SMILES string of the molecule is COc1ccc(CCC(=O)c2ccc3c(C=NCc4ccc(OC)cc4)c(O)ccc3c2)cc1. The Bertz CT molecular complexity index is 1310. The largest absolute Gasteiger partial charge is 0.507 e. The van der Waals surface area contributed by atoms with E-state index >= 15 is 0 Å². The van der Waals surface area contributed by atoms with Gasteiger partial charge in [0.2, 0.25) is 0 Å². The van der Waals surface area contributed by atoms with Gasteiger partial charge in [-0.05, 0) is 64.7 Å². The number of carbonyl (C=O) groups is 1. The summed E-state index contributed by atoms with van der Waals surface area (Å²) in [5.74, 6) is 1.84. The summed E-state index contributed by atoms with van der Waals surface area (Å²) in [6.45, 7) is 0.488. The second-order valence-corrected chi connectivity index (χ2v) is 8.02. The van der Waals surface area contributed by atoms with Crippen LogP contribution in [-0.2, 0) is 13.0 Å². The van der Waals surface area contributed by atoms with Crippen molar-refractivity contribution in [2.45, 2.75) is 19.4 Å². The van der Waals surface area contributed by atoms with Gasteiger partial charge in [0.1, 0.15) is 17.2 Å². The first-order valence-corrected chi connectivity index (χ1v) is 11.1. The monoisotopic (exact) mass is 453 g/mol. The van der Waals surface area contributed by atoms with E-state index in [-0.39, 0.29) is 11.5 Å². The third kappa shape index (κ3) is 5.44. The molecule has 0 unspecified atom stereocenters. The predicted octanol–water partition coefficient (Wildman–Crippen LogP) is 6.00. The van der Waals surface area contributed by atoms with Crippen molar-refractivity contribution in [3.05, 3.63) is 101 Å². The predicted molar refractivity (Wildman–Crippen MR) is 136 cm³/mol. The first kappa shape index (κ1) is 23.1. The van der Waals surface area contributed by atoms with Crippen LogP contribution in [0.5, 0.6) is 17.2 Å². The van der Waals surface area contributed by atoms with E-state index in [9.17, 15) is 9.90 Å². The Labute approximate surface area is 199 Å². The number of ketones is 1. The summed E-state index contributed by atoms with van der Waals surface area (Å²) in [7, 11) is 3.27. The van der Waals surface area contributed by atoms with E-state index in [0.29, 0.717) is 30.5 Å². The van der Waals surface area contributed by atoms with Gasteiger partial charge < -0.3 is 14.6 Å². The van der Waals surface area contributed by atoms with E-state index in [1.54, 1.807) is 26.5 Å². The molecule has 0 aliphatic heterocycles. The Morgan fingerprint density at radius 1 is 0.853 bits per heavy atom. The van der Waals surface area contributed by atoms with Crippen LogP contribution in [0.4, 0.5) is 0 Å². The third-order valence-corrected chi connectivity index (χ3v) is 5.81. The van der Waals surface area contributed by atoms with Gasteiger partial charge in [0.15, 0.2) is 5.78 Å². The number of aliphatic imine (C=N–C) groups is 1. The molecule has 0 aliphatic carbocycles. The average molecular weight is 454 g/mol. The zero-order valence-electron chi connectivity index (χ0n) is 19.3. The van der Waals surface area contributed by atoms with Crippen LogP contribution in [0.15, 0.2) is 83.9 Å². The van der Waals surface area contributed by atoms with Crippen molar-refractivity contribution in [3.63, 3.8) is 0 Å². The number of phenols is 1. The van der Waals surface area contributed by atoms with Crippen molar-refractivity contribution in [2.75, 3.05) is 14.2 Å². The van der Waals surface area contributed by atoms with Gasteiger partial charge in [0.25, 0.3) is 0 Å². The van der Waals surface area contributed by atoms with Crippen LogP contribution < -0.4 is 9.47 Å². The van der Waals surface area contributed by atoms with Crippen LogP contribution in [0.25, 0.3) is 10.8 Å². The molecule has 5 nitrogen and oxygen atoms in total. The Kier molecular flexibility index (Phi) is 7.23. The maximum atomic E-state index is 12.8. The van der Waals surface area contributed by atoms with Gasteiger partial charge in [-0.15, -0.1) is 0 Å². The van der Waals surface area contributed by atoms with Crippen molar-refractivity contribution in [3.8, 4) is 17.2 Å². The average Bonchev–Trinajstić information content (AvgIpc) is 2.89. The van der Waals surface area contributed by atoms with Crippen LogP contribution in [0.2, 0.25) is 0 Å². The summed E-state index contributed by atoms with van der Waals surface area (Å²) in [6, 6.07) is 24.5. The molecular formula is C29H27NO4. The fraction of sp³-hybridized carbons (Fsp3) is 0.172. The van der Waals surface area contributed by atoms with Gasteiger partial charge in [-0.25, -0.2) is 0 Å². The summed E-state index contributed by atoms with van der Waals surface area (Å²) in [6.07, 6.45) is 2.78. The van der Waals surface area contributed by atoms with Crippen molar-refractivity contribution in [2.24, 2.45) is 4.99 Å². The molecule has 4 aromatic carbocycles. The van der Waals surface area contributed by atoms with E-state index in [0.717, 1.165) is 33.4 Å². The zero-order chi connectivity index (χ0) is 23.9. The van der Waals surface area contributed by atoms with Crippen molar-refractivity contribution in [1.82, 2.24) is 0 Å². The number of fused-ring (bicyclic) bond motifs is 1. The van der Waals surface area contributed by atoms with Crippen molar-refractivity contribution >= 4 is 22.8 Å². The van der Waals surface area contributed by atoms with E-state index in [1.807, 2.05) is 72.8 Å². The molecule has 0 aromatic heterocycles. The number of rotatable bonds is 9. The normalized spacial score (nSPS) is 11.1. The lowest BCUT2D eigenvalue weighted by atomic mass is 9.97. The maximum Gasteiger partial charge on any atom is 0.163 e. The summed E-state index contributed by atoms with van der Waals surface area (Å²) >= 11 is 0. The van der Waals surface area contributed by atoms with Crippen LogP contribution in [0.3, 0.4) is 0 Å². The van der Waals surface area contributed by atoms with Gasteiger partial charge in [0, 0.05) is 23.8 Å². The quantitative estimate of drug-likeness (QED) is 0.249. The first-order chi connectivity index (χ1) is 16.6. The second kappa shape index (κ2) is 10.7. The molecular weight excluding hydrogens is 426 g/mol. The molecule has 172 valence electrons. The van der Waals surface area contributed by atoms with E-state index in [2.05, 4.69) is 4.99 Å². The van der Waals surface area contributed by atoms with E-state index < -0.39 is 0 Å². The molecule has 0 radical (unpaired) electrons. The molecule has 0 bridgehead atoms. The fourth-order valence-corrected chi connectivity index (χ4v) is 3.82. The number of hydrogen-bond acceptors (Lipinski definition) is 5. The second-order valence-electron chi connectivity index (χ2n) is 8.02. The van der Waals surface area contributed by atoms with Gasteiger partial charge in [0.05, 0.1) is 20.8 Å². The number of methoxy groups -OCH3 is 2. The molecule has 0 amide bonds. The molecule has 34 heavy (non-hydrogen) atoms. The maximum absolute atomic E-state index is 12.8. The number of Topliss-reactive ketones (excluding diaryl/α,β-unsaturated/α-hetero) is 1. The van der Waals surface area contributed by atoms with Crippen molar-refractivity contribution < 1.29 is 19.4 Å². The first-order valence-electron chi connectivity index (χ1n) is 11.1. The standard InChI is InChI=1S/C29H27NO4/c1-33-24-10-3-20(4-11-24)7-15-28(31)23-8-14-26-22(17-23)9-16-29(32)27(26)19-30-18-21-5-12-25(34-2)13-6-21/h3-6,8-14,16-17,19,32H,7,15,18H2,1-2H3. The molecule has 0 saturated heterocycles. The number of ether oxygens (including phenoxy) is 2. The summed E-state index contributed by atoms with van der Waals surface area (Å²) < 4.78 is 10.4. The lowest BCUT2D eigenvalue weighted by Crippen LogP contribution is -2.01. The Balaban J connectivity index is 1.47. The summed E-state index contributed by atoms with van der Waals surface area (Å²) in [4.78, 5) is 17.3. The number of carbonyl (C=O) groups excluding carboxylic acids is 1. The van der Waals surface area contributed by atoms with Crippen molar-refractivity contribution in [1.29, 1.82) is 0 Å². The molecule has 0 heterocycles. The Hall–Kier alpha value is -4.12. The van der Waals surface area contributed by atoms with E-state index in [4.69, 9.17) is 9.47 Å². The highest BCUT2D eigenvalue weighted by Gasteiger charge is 2.10. The molecule has 0 atom stereocenters. The van der Waals surface area contributed by atoms with Crippen LogP contribution in [-0.4, -0.2) is 31.3 Å². The molecule has 5 heteroatoms. The number of phenolic OH excluding ortho intramolecular Hbond substituents is 1. The summed E-state index contributed by atoms with van der Waals surface area (Å²) in [5, 5.41) is 12.2. The molecule has 4 aromatic rings. The molecule has 0 spiro atoms. The Morgan fingerprint density at radius 3 is 2.15 bits per heavy atom. The zero-order valence-corrected chi connectivity index (χ0v) is 19.3. The van der Waals surface area contributed by atoms with Gasteiger partial charge in [-0.2, -0.15) is 0 Å². The number of aryl methyl sites for hydroxylation is 1. The smallest absolute Gasteiger partial charge is 0.163 e. The molecule has 4 rings (SSSR count). The number of hydrogen-bond donors (Lipinski definition) is 1. The number of nitrogens with zero attached hydrogens (tertiary/aromatic N) is 1. The minimum absolute atomic E-state index is 0.0838. The third-order valence-electron chi connectivity index (χ3n) is 5.81. The van der Waals surface area contributed by atoms with Crippen LogP contribution >= 0.6 is 0 Å². The van der Waals surface area contributed by atoms with Crippen LogP contribution in [0, 0.1) is 0 Å². The highest BCUT2D eigenvalue weighted by molar-refractivity contribution is 6.06. The lowest BCUT2D eigenvalue weighted by molar-refractivity contribution is 0.0983. The van der Waals surface area contributed by atoms with Gasteiger partial charge in [-0.1, -0.05) is 42.5 Å². The van der Waals surface area contributed by atoms with E-state index in [1.165, 1.54) is 0 Å². The molecule has 0 saturated carbocycles. The minimum atomic E-state index is 0.0838. The van der Waals surface area contributed by atoms with Gasteiger partial charge in [-0.3, -0.25) is 9.79 Å².